The molecule has 0 aliphatic heterocycles. The topological polar surface area (TPSA) is 64.3 Å². The van der Waals surface area contributed by atoms with Crippen LogP contribution in [0.1, 0.15) is 39.7 Å². The Morgan fingerprint density at radius 1 is 1.45 bits per heavy atom. The average molecular weight is 294 g/mol. The van der Waals surface area contributed by atoms with Crippen molar-refractivity contribution in [2.45, 2.75) is 45.8 Å². The van der Waals surface area contributed by atoms with Gasteiger partial charge in [0.25, 0.3) is 5.91 Å². The SMILES string of the molecule is CCC(C)(C)OC(C)C(=O)Nc1ccccc1C(N)=S. The second kappa shape index (κ2) is 6.81. The maximum absolute atomic E-state index is 12.2. The number of carbonyl (C=O) groups is 1. The van der Waals surface area contributed by atoms with Crippen LogP contribution >= 0.6 is 12.2 Å². The van der Waals surface area contributed by atoms with Crippen LogP contribution in [0.4, 0.5) is 5.69 Å². The van der Waals surface area contributed by atoms with Crippen LogP contribution in [0.3, 0.4) is 0 Å². The third kappa shape index (κ3) is 4.58. The van der Waals surface area contributed by atoms with Crippen molar-refractivity contribution in [1.82, 2.24) is 0 Å². The molecule has 0 saturated carbocycles. The highest BCUT2D eigenvalue weighted by atomic mass is 32.1. The predicted octanol–water partition coefficient (Wildman–Crippen LogP) is 2.85. The molecule has 5 heteroatoms. The molecule has 1 amide bonds. The van der Waals surface area contributed by atoms with Gasteiger partial charge in [-0.25, -0.2) is 0 Å². The van der Waals surface area contributed by atoms with E-state index in [-0.39, 0.29) is 16.5 Å². The number of nitrogens with two attached hydrogens (primary N) is 1. The number of ether oxygens (including phenoxy) is 1. The van der Waals surface area contributed by atoms with Crippen LogP contribution in [0.25, 0.3) is 0 Å². The van der Waals surface area contributed by atoms with Crippen molar-refractivity contribution in [3.05, 3.63) is 29.8 Å². The van der Waals surface area contributed by atoms with Crippen molar-refractivity contribution in [2.75, 3.05) is 5.32 Å². The average Bonchev–Trinajstić information content (AvgIpc) is 2.38. The highest BCUT2D eigenvalue weighted by Crippen LogP contribution is 2.19. The number of para-hydroxylation sites is 1. The van der Waals surface area contributed by atoms with Crippen LogP contribution < -0.4 is 11.1 Å². The minimum absolute atomic E-state index is 0.213. The Labute approximate surface area is 125 Å². The molecule has 1 aromatic carbocycles. The van der Waals surface area contributed by atoms with Gasteiger partial charge in [-0.05, 0) is 39.3 Å². The number of amides is 1. The third-order valence-corrected chi connectivity index (χ3v) is 3.39. The number of rotatable bonds is 6. The molecule has 0 aliphatic rings. The zero-order valence-electron chi connectivity index (χ0n) is 12.4. The summed E-state index contributed by atoms with van der Waals surface area (Å²) in [5.41, 5.74) is 6.56. The molecule has 0 fully saturated rings. The molecule has 0 aliphatic carbocycles. The molecule has 0 saturated heterocycles. The fourth-order valence-corrected chi connectivity index (χ4v) is 1.83. The number of hydrogen-bond donors (Lipinski definition) is 2. The van der Waals surface area contributed by atoms with E-state index in [4.69, 9.17) is 22.7 Å². The fraction of sp³-hybridized carbons (Fsp3) is 0.467. The number of anilines is 1. The molecule has 0 bridgehead atoms. The first kappa shape index (κ1) is 16.6. The molecule has 1 rings (SSSR count). The van der Waals surface area contributed by atoms with Gasteiger partial charge in [-0.1, -0.05) is 31.3 Å². The number of nitrogens with one attached hydrogen (secondary N) is 1. The van der Waals surface area contributed by atoms with Gasteiger partial charge >= 0.3 is 0 Å². The molecule has 20 heavy (non-hydrogen) atoms. The van der Waals surface area contributed by atoms with Crippen molar-refractivity contribution < 1.29 is 9.53 Å². The highest BCUT2D eigenvalue weighted by molar-refractivity contribution is 7.80. The maximum atomic E-state index is 12.2. The van der Waals surface area contributed by atoms with Gasteiger partial charge in [-0.15, -0.1) is 0 Å². The van der Waals surface area contributed by atoms with E-state index in [1.807, 2.05) is 32.9 Å². The molecule has 1 aromatic rings. The Morgan fingerprint density at radius 2 is 2.05 bits per heavy atom. The summed E-state index contributed by atoms with van der Waals surface area (Å²) in [6, 6.07) is 7.19. The Hall–Kier alpha value is -1.46. The summed E-state index contributed by atoms with van der Waals surface area (Å²) >= 11 is 4.97. The Bertz CT molecular complexity index is 500. The van der Waals surface area contributed by atoms with Crippen LogP contribution in [0.15, 0.2) is 24.3 Å². The fourth-order valence-electron chi connectivity index (χ4n) is 1.66. The molecular weight excluding hydrogens is 272 g/mol. The molecule has 0 spiro atoms. The van der Waals surface area contributed by atoms with E-state index >= 15 is 0 Å². The van der Waals surface area contributed by atoms with E-state index in [0.29, 0.717) is 11.3 Å². The first-order valence-corrected chi connectivity index (χ1v) is 7.05. The molecule has 4 nitrogen and oxygen atoms in total. The third-order valence-electron chi connectivity index (χ3n) is 3.17. The minimum atomic E-state index is -0.552. The molecule has 0 aromatic heterocycles. The van der Waals surface area contributed by atoms with E-state index in [1.54, 1.807) is 19.1 Å². The van der Waals surface area contributed by atoms with Gasteiger partial charge in [0.1, 0.15) is 11.1 Å². The summed E-state index contributed by atoms with van der Waals surface area (Å²) in [6.07, 6.45) is 0.276. The highest BCUT2D eigenvalue weighted by Gasteiger charge is 2.24. The zero-order chi connectivity index (χ0) is 15.3. The molecule has 1 unspecified atom stereocenters. The number of thiocarbonyl (C=S) groups is 1. The summed E-state index contributed by atoms with van der Waals surface area (Å²) in [7, 11) is 0. The lowest BCUT2D eigenvalue weighted by Crippen LogP contribution is -2.36. The van der Waals surface area contributed by atoms with Crippen LogP contribution in [0, 0.1) is 0 Å². The van der Waals surface area contributed by atoms with Gasteiger partial charge in [0.2, 0.25) is 0 Å². The first-order valence-electron chi connectivity index (χ1n) is 6.64. The smallest absolute Gasteiger partial charge is 0.253 e. The van der Waals surface area contributed by atoms with E-state index in [9.17, 15) is 4.79 Å². The Morgan fingerprint density at radius 3 is 2.60 bits per heavy atom. The summed E-state index contributed by atoms with van der Waals surface area (Å²) in [6.45, 7) is 7.67. The quantitative estimate of drug-likeness (QED) is 0.792. The first-order chi connectivity index (χ1) is 9.26. The van der Waals surface area contributed by atoms with Gasteiger partial charge < -0.3 is 15.8 Å². The van der Waals surface area contributed by atoms with Gasteiger partial charge in [0.05, 0.1) is 11.3 Å². The second-order valence-electron chi connectivity index (χ2n) is 5.27. The van der Waals surface area contributed by atoms with Crippen molar-refractivity contribution in [1.29, 1.82) is 0 Å². The van der Waals surface area contributed by atoms with Crippen LogP contribution in [-0.2, 0) is 9.53 Å². The van der Waals surface area contributed by atoms with E-state index in [2.05, 4.69) is 5.32 Å². The minimum Gasteiger partial charge on any atom is -0.389 e. The van der Waals surface area contributed by atoms with E-state index < -0.39 is 6.10 Å². The van der Waals surface area contributed by atoms with Crippen molar-refractivity contribution in [3.63, 3.8) is 0 Å². The normalized spacial score (nSPS) is 12.8. The number of carbonyl (C=O) groups excluding carboxylic acids is 1. The molecule has 110 valence electrons. The van der Waals surface area contributed by atoms with Gasteiger partial charge in [0, 0.05) is 5.56 Å². The van der Waals surface area contributed by atoms with Crippen LogP contribution in [0.2, 0.25) is 0 Å². The standard InChI is InChI=1S/C15H22N2O2S/c1-5-15(3,4)19-10(2)14(18)17-12-9-7-6-8-11(12)13(16)20/h6-10H,5H2,1-4H3,(H2,16,20)(H,17,18). The molecule has 3 N–H and O–H groups in total. The van der Waals surface area contributed by atoms with Crippen molar-refractivity contribution >= 4 is 28.8 Å². The molecule has 0 radical (unpaired) electrons. The van der Waals surface area contributed by atoms with E-state index in [1.165, 1.54) is 0 Å². The maximum Gasteiger partial charge on any atom is 0.253 e. The summed E-state index contributed by atoms with van der Waals surface area (Å²) in [4.78, 5) is 12.4. The lowest BCUT2D eigenvalue weighted by atomic mass is 10.1. The molecular formula is C15H22N2O2S. The van der Waals surface area contributed by atoms with E-state index in [0.717, 1.165) is 6.42 Å². The molecule has 1 atom stereocenters. The summed E-state index contributed by atoms with van der Waals surface area (Å²) < 4.78 is 5.75. The monoisotopic (exact) mass is 294 g/mol. The summed E-state index contributed by atoms with van der Waals surface area (Å²) in [5, 5.41) is 2.81. The number of benzene rings is 1. The lowest BCUT2D eigenvalue weighted by Gasteiger charge is -2.27. The van der Waals surface area contributed by atoms with Gasteiger partial charge in [0.15, 0.2) is 0 Å². The van der Waals surface area contributed by atoms with Crippen molar-refractivity contribution in [3.8, 4) is 0 Å². The van der Waals surface area contributed by atoms with Gasteiger partial charge in [-0.2, -0.15) is 0 Å². The number of hydrogen-bond acceptors (Lipinski definition) is 3. The van der Waals surface area contributed by atoms with Gasteiger partial charge in [-0.3, -0.25) is 4.79 Å². The Balaban J connectivity index is 2.79. The lowest BCUT2D eigenvalue weighted by molar-refractivity contribution is -0.137. The second-order valence-corrected chi connectivity index (χ2v) is 5.71. The summed E-state index contributed by atoms with van der Waals surface area (Å²) in [5.74, 6) is -0.213. The van der Waals surface area contributed by atoms with Crippen LogP contribution in [-0.4, -0.2) is 22.6 Å². The zero-order valence-corrected chi connectivity index (χ0v) is 13.2. The predicted molar refractivity (Wildman–Crippen MR) is 85.9 cm³/mol. The Kier molecular flexibility index (Phi) is 5.65. The molecule has 0 heterocycles. The van der Waals surface area contributed by atoms with Crippen molar-refractivity contribution in [2.24, 2.45) is 5.73 Å². The van der Waals surface area contributed by atoms with Crippen LogP contribution in [0.5, 0.6) is 0 Å². The largest absolute Gasteiger partial charge is 0.389 e.